The molecule has 0 aromatic heterocycles. The highest BCUT2D eigenvalue weighted by Crippen LogP contribution is 2.05. The zero-order valence-corrected chi connectivity index (χ0v) is 6.72. The van der Waals surface area contributed by atoms with Crippen LogP contribution in [0, 0.1) is 6.92 Å². The van der Waals surface area contributed by atoms with Crippen LogP contribution in [-0.4, -0.2) is 12.1 Å². The summed E-state index contributed by atoms with van der Waals surface area (Å²) >= 11 is 0. The van der Waals surface area contributed by atoms with Crippen LogP contribution in [0.4, 0.5) is 0 Å². The number of hydrogen-bond donors (Lipinski definition) is 0. The summed E-state index contributed by atoms with van der Waals surface area (Å²) in [6.45, 7) is 7.13. The molecule has 59 valence electrons. The van der Waals surface area contributed by atoms with Crippen molar-refractivity contribution in [2.75, 3.05) is 0 Å². The van der Waals surface area contributed by atoms with Gasteiger partial charge in [0.25, 0.3) is 0 Å². The largest absolute Gasteiger partial charge is 0.463 e. The first-order chi connectivity index (χ1) is 4.70. The van der Waals surface area contributed by atoms with Crippen molar-refractivity contribution in [1.29, 1.82) is 0 Å². The standard InChI is InChI=1S/C8H15O2/c1-4-6-8(5-2)10-7(3)9/h8H,1,4-6H2,2-3H3. The molecule has 0 spiro atoms. The lowest BCUT2D eigenvalue weighted by Crippen LogP contribution is -2.14. The van der Waals surface area contributed by atoms with Gasteiger partial charge < -0.3 is 4.74 Å². The van der Waals surface area contributed by atoms with E-state index in [9.17, 15) is 4.79 Å². The molecule has 0 fully saturated rings. The molecule has 2 heteroatoms. The third-order valence-corrected chi connectivity index (χ3v) is 1.31. The average Bonchev–Trinajstić information content (AvgIpc) is 1.86. The van der Waals surface area contributed by atoms with Crippen molar-refractivity contribution in [3.8, 4) is 0 Å². The Morgan fingerprint density at radius 1 is 1.70 bits per heavy atom. The van der Waals surface area contributed by atoms with E-state index in [1.165, 1.54) is 6.92 Å². The van der Waals surface area contributed by atoms with Gasteiger partial charge >= 0.3 is 5.97 Å². The van der Waals surface area contributed by atoms with Crippen LogP contribution in [0.3, 0.4) is 0 Å². The van der Waals surface area contributed by atoms with Crippen molar-refractivity contribution in [2.45, 2.75) is 39.2 Å². The predicted octanol–water partition coefficient (Wildman–Crippen LogP) is 1.94. The van der Waals surface area contributed by atoms with Gasteiger partial charge in [-0.3, -0.25) is 4.79 Å². The Kier molecular flexibility index (Phi) is 4.99. The molecule has 0 heterocycles. The van der Waals surface area contributed by atoms with Gasteiger partial charge in [0.15, 0.2) is 0 Å². The Labute approximate surface area is 62.6 Å². The highest BCUT2D eigenvalue weighted by molar-refractivity contribution is 5.66. The van der Waals surface area contributed by atoms with Crippen molar-refractivity contribution in [3.05, 3.63) is 6.92 Å². The van der Waals surface area contributed by atoms with Crippen molar-refractivity contribution < 1.29 is 9.53 Å². The first-order valence-corrected chi connectivity index (χ1v) is 3.67. The van der Waals surface area contributed by atoms with E-state index in [1.54, 1.807) is 0 Å². The Morgan fingerprint density at radius 2 is 2.30 bits per heavy atom. The van der Waals surface area contributed by atoms with Gasteiger partial charge in [0.1, 0.15) is 6.10 Å². The monoisotopic (exact) mass is 143 g/mol. The van der Waals surface area contributed by atoms with Crippen LogP contribution < -0.4 is 0 Å². The second-order valence-corrected chi connectivity index (χ2v) is 2.28. The number of ether oxygens (including phenoxy) is 1. The zero-order valence-electron chi connectivity index (χ0n) is 6.72. The van der Waals surface area contributed by atoms with E-state index in [4.69, 9.17) is 4.74 Å². The number of rotatable bonds is 4. The van der Waals surface area contributed by atoms with Crippen molar-refractivity contribution >= 4 is 5.97 Å². The zero-order chi connectivity index (χ0) is 7.98. The van der Waals surface area contributed by atoms with Crippen LogP contribution in [0.5, 0.6) is 0 Å². The molecule has 0 aliphatic heterocycles. The molecule has 0 N–H and O–H groups in total. The topological polar surface area (TPSA) is 26.3 Å². The average molecular weight is 143 g/mol. The van der Waals surface area contributed by atoms with Crippen LogP contribution in [-0.2, 0) is 9.53 Å². The van der Waals surface area contributed by atoms with Gasteiger partial charge in [0.05, 0.1) is 0 Å². The first kappa shape index (κ1) is 9.47. The summed E-state index contributed by atoms with van der Waals surface area (Å²) in [4.78, 5) is 10.4. The van der Waals surface area contributed by atoms with Gasteiger partial charge in [-0.1, -0.05) is 13.8 Å². The highest BCUT2D eigenvalue weighted by Gasteiger charge is 2.06. The molecule has 2 nitrogen and oxygen atoms in total. The van der Waals surface area contributed by atoms with Gasteiger partial charge in [0.2, 0.25) is 0 Å². The normalized spacial score (nSPS) is 12.7. The Balaban J connectivity index is 3.49. The molecule has 0 rings (SSSR count). The summed E-state index contributed by atoms with van der Waals surface area (Å²) in [5.41, 5.74) is 0. The van der Waals surface area contributed by atoms with E-state index in [0.717, 1.165) is 19.3 Å². The Morgan fingerprint density at radius 3 is 2.60 bits per heavy atom. The molecule has 10 heavy (non-hydrogen) atoms. The van der Waals surface area contributed by atoms with Crippen molar-refractivity contribution in [3.63, 3.8) is 0 Å². The van der Waals surface area contributed by atoms with E-state index >= 15 is 0 Å². The lowest BCUT2D eigenvalue weighted by atomic mass is 10.2. The van der Waals surface area contributed by atoms with Crippen LogP contribution in [0.1, 0.15) is 33.1 Å². The van der Waals surface area contributed by atoms with E-state index in [0.29, 0.717) is 0 Å². The molecule has 0 amide bonds. The molecule has 0 aliphatic rings. The fourth-order valence-corrected chi connectivity index (χ4v) is 0.809. The second-order valence-electron chi connectivity index (χ2n) is 2.28. The van der Waals surface area contributed by atoms with E-state index < -0.39 is 0 Å². The fraction of sp³-hybridized carbons (Fsp3) is 0.750. The SMILES string of the molecule is [CH2]CCC(CC)OC(C)=O. The van der Waals surface area contributed by atoms with E-state index in [2.05, 4.69) is 6.92 Å². The van der Waals surface area contributed by atoms with Crippen LogP contribution in [0.15, 0.2) is 0 Å². The molecule has 0 saturated heterocycles. The summed E-state index contributed by atoms with van der Waals surface area (Å²) < 4.78 is 4.96. The molecule has 0 aromatic carbocycles. The third-order valence-electron chi connectivity index (χ3n) is 1.31. The van der Waals surface area contributed by atoms with Gasteiger partial charge in [-0.25, -0.2) is 0 Å². The molecule has 1 atom stereocenters. The van der Waals surface area contributed by atoms with Crippen LogP contribution in [0.2, 0.25) is 0 Å². The number of esters is 1. The second kappa shape index (κ2) is 5.27. The minimum atomic E-state index is -0.194. The minimum Gasteiger partial charge on any atom is -0.463 e. The van der Waals surface area contributed by atoms with E-state index in [-0.39, 0.29) is 12.1 Å². The van der Waals surface area contributed by atoms with Gasteiger partial charge in [-0.2, -0.15) is 0 Å². The maximum Gasteiger partial charge on any atom is 0.302 e. The molecule has 0 saturated carbocycles. The molecule has 1 radical (unpaired) electrons. The number of carbonyl (C=O) groups is 1. The third kappa shape index (κ3) is 4.36. The smallest absolute Gasteiger partial charge is 0.302 e. The number of hydrogen-bond acceptors (Lipinski definition) is 2. The summed E-state index contributed by atoms with van der Waals surface area (Å²) in [6.07, 6.45) is 2.66. The van der Waals surface area contributed by atoms with E-state index in [1.807, 2.05) is 6.92 Å². The van der Waals surface area contributed by atoms with Crippen LogP contribution >= 0.6 is 0 Å². The lowest BCUT2D eigenvalue weighted by molar-refractivity contribution is -0.146. The summed E-state index contributed by atoms with van der Waals surface area (Å²) in [5, 5.41) is 0. The Bertz CT molecular complexity index is 99.4. The first-order valence-electron chi connectivity index (χ1n) is 3.67. The Hall–Kier alpha value is -0.530. The maximum atomic E-state index is 10.4. The molecule has 0 bridgehead atoms. The molecule has 1 unspecified atom stereocenters. The maximum absolute atomic E-state index is 10.4. The molecular weight excluding hydrogens is 128 g/mol. The molecular formula is C8H15O2. The van der Waals surface area contributed by atoms with Crippen LogP contribution in [0.25, 0.3) is 0 Å². The van der Waals surface area contributed by atoms with Gasteiger partial charge in [-0.15, -0.1) is 0 Å². The lowest BCUT2D eigenvalue weighted by Gasteiger charge is -2.12. The highest BCUT2D eigenvalue weighted by atomic mass is 16.5. The van der Waals surface area contributed by atoms with Gasteiger partial charge in [-0.05, 0) is 19.3 Å². The van der Waals surface area contributed by atoms with Gasteiger partial charge in [0, 0.05) is 6.92 Å². The summed E-state index contributed by atoms with van der Waals surface area (Å²) in [6, 6.07) is 0. The quantitative estimate of drug-likeness (QED) is 0.562. The predicted molar refractivity (Wildman–Crippen MR) is 40.4 cm³/mol. The molecule has 0 aliphatic carbocycles. The summed E-state index contributed by atoms with van der Waals surface area (Å²) in [5.74, 6) is -0.194. The number of carbonyl (C=O) groups excluding carboxylic acids is 1. The van der Waals surface area contributed by atoms with Crippen molar-refractivity contribution in [2.24, 2.45) is 0 Å². The fourth-order valence-electron chi connectivity index (χ4n) is 0.809. The molecule has 0 aromatic rings. The minimum absolute atomic E-state index is 0.0787. The summed E-state index contributed by atoms with van der Waals surface area (Å²) in [7, 11) is 0. The van der Waals surface area contributed by atoms with Crippen molar-refractivity contribution in [1.82, 2.24) is 0 Å².